The summed E-state index contributed by atoms with van der Waals surface area (Å²) in [5, 5.41) is 12.3. The van der Waals surface area contributed by atoms with Crippen molar-refractivity contribution in [2.24, 2.45) is 0 Å². The SMILES string of the molecule is CC(O)CCNCc1cncc(Br)c1. The van der Waals surface area contributed by atoms with E-state index in [1.54, 1.807) is 13.1 Å². The first-order valence-electron chi connectivity index (χ1n) is 4.66. The first kappa shape index (κ1) is 11.6. The van der Waals surface area contributed by atoms with Gasteiger partial charge in [0.05, 0.1) is 6.10 Å². The minimum absolute atomic E-state index is 0.233. The fourth-order valence-electron chi connectivity index (χ4n) is 1.10. The van der Waals surface area contributed by atoms with E-state index in [1.165, 1.54) is 0 Å². The molecule has 0 radical (unpaired) electrons. The van der Waals surface area contributed by atoms with Crippen molar-refractivity contribution >= 4 is 15.9 Å². The summed E-state index contributed by atoms with van der Waals surface area (Å²) in [6, 6.07) is 2.03. The van der Waals surface area contributed by atoms with Crippen LogP contribution in [0.2, 0.25) is 0 Å². The maximum Gasteiger partial charge on any atom is 0.0524 e. The summed E-state index contributed by atoms with van der Waals surface area (Å²) in [6.45, 7) is 3.41. The lowest BCUT2D eigenvalue weighted by molar-refractivity contribution is 0.183. The van der Waals surface area contributed by atoms with Crippen molar-refractivity contribution in [1.82, 2.24) is 10.3 Å². The van der Waals surface area contributed by atoms with E-state index in [1.807, 2.05) is 12.3 Å². The molecule has 0 bridgehead atoms. The summed E-state index contributed by atoms with van der Waals surface area (Å²) in [7, 11) is 0. The van der Waals surface area contributed by atoms with Gasteiger partial charge in [0.15, 0.2) is 0 Å². The lowest BCUT2D eigenvalue weighted by atomic mass is 10.2. The molecule has 0 aliphatic carbocycles. The summed E-state index contributed by atoms with van der Waals surface area (Å²) in [6.07, 6.45) is 4.14. The van der Waals surface area contributed by atoms with Crippen LogP contribution < -0.4 is 5.32 Å². The topological polar surface area (TPSA) is 45.1 Å². The zero-order valence-corrected chi connectivity index (χ0v) is 9.79. The molecule has 3 nitrogen and oxygen atoms in total. The molecule has 1 rings (SSSR count). The smallest absolute Gasteiger partial charge is 0.0524 e. The summed E-state index contributed by atoms with van der Waals surface area (Å²) < 4.78 is 0.993. The fourth-order valence-corrected chi connectivity index (χ4v) is 1.51. The second kappa shape index (κ2) is 6.11. The van der Waals surface area contributed by atoms with Gasteiger partial charge in [-0.05, 0) is 47.4 Å². The third-order valence-electron chi connectivity index (χ3n) is 1.83. The highest BCUT2D eigenvalue weighted by molar-refractivity contribution is 9.10. The molecule has 1 aromatic rings. The van der Waals surface area contributed by atoms with Crippen molar-refractivity contribution in [3.8, 4) is 0 Å². The minimum Gasteiger partial charge on any atom is -0.393 e. The Kier molecular flexibility index (Phi) is 5.07. The maximum atomic E-state index is 9.03. The maximum absolute atomic E-state index is 9.03. The lowest BCUT2D eigenvalue weighted by Gasteiger charge is -2.06. The van der Waals surface area contributed by atoms with E-state index in [0.29, 0.717) is 0 Å². The lowest BCUT2D eigenvalue weighted by Crippen LogP contribution is -2.18. The Hall–Kier alpha value is -0.450. The molecule has 0 spiro atoms. The summed E-state index contributed by atoms with van der Waals surface area (Å²) in [4.78, 5) is 4.06. The number of halogens is 1. The quantitative estimate of drug-likeness (QED) is 0.791. The summed E-state index contributed by atoms with van der Waals surface area (Å²) >= 11 is 3.36. The van der Waals surface area contributed by atoms with Crippen LogP contribution in [0.4, 0.5) is 0 Å². The van der Waals surface area contributed by atoms with Crippen LogP contribution in [0, 0.1) is 0 Å². The van der Waals surface area contributed by atoms with E-state index in [0.717, 1.165) is 29.5 Å². The molecule has 0 saturated heterocycles. The number of pyridine rings is 1. The van der Waals surface area contributed by atoms with Gasteiger partial charge in [-0.2, -0.15) is 0 Å². The van der Waals surface area contributed by atoms with E-state index < -0.39 is 0 Å². The van der Waals surface area contributed by atoms with Crippen molar-refractivity contribution in [3.63, 3.8) is 0 Å². The molecule has 14 heavy (non-hydrogen) atoms. The van der Waals surface area contributed by atoms with Gasteiger partial charge in [-0.15, -0.1) is 0 Å². The fraction of sp³-hybridized carbons (Fsp3) is 0.500. The van der Waals surface area contributed by atoms with Crippen LogP contribution in [-0.2, 0) is 6.54 Å². The van der Waals surface area contributed by atoms with Crippen LogP contribution in [0.25, 0.3) is 0 Å². The van der Waals surface area contributed by atoms with E-state index in [9.17, 15) is 0 Å². The van der Waals surface area contributed by atoms with Crippen molar-refractivity contribution in [1.29, 1.82) is 0 Å². The van der Waals surface area contributed by atoms with Gasteiger partial charge in [0.25, 0.3) is 0 Å². The Balaban J connectivity index is 2.25. The molecule has 0 amide bonds. The van der Waals surface area contributed by atoms with Crippen LogP contribution in [0.1, 0.15) is 18.9 Å². The van der Waals surface area contributed by atoms with Gasteiger partial charge in [-0.1, -0.05) is 0 Å². The zero-order valence-electron chi connectivity index (χ0n) is 8.20. The van der Waals surface area contributed by atoms with Crippen LogP contribution in [0.3, 0.4) is 0 Å². The van der Waals surface area contributed by atoms with E-state index in [-0.39, 0.29) is 6.10 Å². The highest BCUT2D eigenvalue weighted by Gasteiger charge is 1.96. The average Bonchev–Trinajstić information content (AvgIpc) is 2.12. The standard InChI is InChI=1S/C10H15BrN2O/c1-8(14)2-3-12-5-9-4-10(11)7-13-6-9/h4,6-8,12,14H,2-3,5H2,1H3. The Labute approximate surface area is 92.7 Å². The molecular formula is C10H15BrN2O. The normalized spacial score (nSPS) is 12.8. The van der Waals surface area contributed by atoms with E-state index in [2.05, 4.69) is 26.2 Å². The molecule has 0 saturated carbocycles. The van der Waals surface area contributed by atoms with Crippen molar-refractivity contribution in [2.45, 2.75) is 26.0 Å². The van der Waals surface area contributed by atoms with Crippen LogP contribution >= 0.6 is 15.9 Å². The largest absolute Gasteiger partial charge is 0.393 e. The van der Waals surface area contributed by atoms with Gasteiger partial charge >= 0.3 is 0 Å². The van der Waals surface area contributed by atoms with Gasteiger partial charge in [-0.3, -0.25) is 4.98 Å². The number of aromatic nitrogens is 1. The number of rotatable bonds is 5. The van der Waals surface area contributed by atoms with E-state index in [4.69, 9.17) is 5.11 Å². The number of aliphatic hydroxyl groups excluding tert-OH is 1. The number of nitrogens with one attached hydrogen (secondary N) is 1. The number of aliphatic hydroxyl groups is 1. The van der Waals surface area contributed by atoms with Crippen molar-refractivity contribution in [2.75, 3.05) is 6.54 Å². The summed E-state index contributed by atoms with van der Waals surface area (Å²) in [5.74, 6) is 0. The molecular weight excluding hydrogens is 244 g/mol. The highest BCUT2D eigenvalue weighted by Crippen LogP contribution is 2.08. The summed E-state index contributed by atoms with van der Waals surface area (Å²) in [5.41, 5.74) is 1.14. The minimum atomic E-state index is -0.233. The molecule has 78 valence electrons. The predicted molar refractivity (Wildman–Crippen MR) is 59.9 cm³/mol. The third-order valence-corrected chi connectivity index (χ3v) is 2.26. The molecule has 1 atom stereocenters. The van der Waals surface area contributed by atoms with Gasteiger partial charge in [0.2, 0.25) is 0 Å². The van der Waals surface area contributed by atoms with Crippen LogP contribution in [0.5, 0.6) is 0 Å². The van der Waals surface area contributed by atoms with Crippen molar-refractivity contribution < 1.29 is 5.11 Å². The number of nitrogens with zero attached hydrogens (tertiary/aromatic N) is 1. The Morgan fingerprint density at radius 2 is 2.36 bits per heavy atom. The molecule has 0 aliphatic rings. The first-order chi connectivity index (χ1) is 6.68. The molecule has 1 unspecified atom stereocenters. The number of hydrogen-bond donors (Lipinski definition) is 2. The molecule has 0 aromatic carbocycles. The molecule has 0 fully saturated rings. The van der Waals surface area contributed by atoms with Gasteiger partial charge < -0.3 is 10.4 Å². The second-order valence-corrected chi connectivity index (χ2v) is 4.24. The molecule has 2 N–H and O–H groups in total. The van der Waals surface area contributed by atoms with Gasteiger partial charge in [-0.25, -0.2) is 0 Å². The Morgan fingerprint density at radius 1 is 1.57 bits per heavy atom. The molecule has 4 heteroatoms. The van der Waals surface area contributed by atoms with E-state index >= 15 is 0 Å². The molecule has 1 aromatic heterocycles. The molecule has 1 heterocycles. The zero-order chi connectivity index (χ0) is 10.4. The van der Waals surface area contributed by atoms with Gasteiger partial charge in [0.1, 0.15) is 0 Å². The van der Waals surface area contributed by atoms with Crippen molar-refractivity contribution in [3.05, 3.63) is 28.5 Å². The third kappa shape index (κ3) is 4.69. The monoisotopic (exact) mass is 258 g/mol. The Bertz CT molecular complexity index is 279. The second-order valence-electron chi connectivity index (χ2n) is 3.33. The number of hydrogen-bond acceptors (Lipinski definition) is 3. The highest BCUT2D eigenvalue weighted by atomic mass is 79.9. The average molecular weight is 259 g/mol. The Morgan fingerprint density at radius 3 is 3.00 bits per heavy atom. The molecule has 0 aliphatic heterocycles. The van der Waals surface area contributed by atoms with Crippen LogP contribution in [0.15, 0.2) is 22.9 Å². The first-order valence-corrected chi connectivity index (χ1v) is 5.46. The van der Waals surface area contributed by atoms with Gasteiger partial charge in [0, 0.05) is 23.4 Å². The predicted octanol–water partition coefficient (Wildman–Crippen LogP) is 1.70. The van der Waals surface area contributed by atoms with Crippen LogP contribution in [-0.4, -0.2) is 22.7 Å².